The van der Waals surface area contributed by atoms with Crippen LogP contribution < -0.4 is 16.0 Å². The van der Waals surface area contributed by atoms with Crippen molar-refractivity contribution in [2.24, 2.45) is 5.92 Å². The number of amides is 3. The Bertz CT molecular complexity index is 2830. The molecule has 2 aliphatic heterocycles. The maximum atomic E-state index is 14.8. The number of benzene rings is 4. The van der Waals surface area contributed by atoms with Gasteiger partial charge in [-0.1, -0.05) is 89.9 Å². The summed E-state index contributed by atoms with van der Waals surface area (Å²) in [7, 11) is 0. The molecule has 0 radical (unpaired) electrons. The molecule has 14 nitrogen and oxygen atoms in total. The zero-order chi connectivity index (χ0) is 48.4. The number of nitrogens with one attached hydrogen (secondary N) is 3. The van der Waals surface area contributed by atoms with E-state index in [4.69, 9.17) is 23.2 Å². The minimum Gasteiger partial charge on any atom is -0.390 e. The normalized spacial score (nSPS) is 19.0. The average molecular weight is 963 g/mol. The summed E-state index contributed by atoms with van der Waals surface area (Å²) in [6.07, 6.45) is 6.47. The fraction of sp³-hybridized carbons (Fsp3) is 0.283. The molecule has 3 aliphatic rings. The van der Waals surface area contributed by atoms with Crippen molar-refractivity contribution < 1.29 is 24.3 Å². The second-order valence-corrected chi connectivity index (χ2v) is 18.4. The van der Waals surface area contributed by atoms with E-state index in [1.807, 2.05) is 42.5 Å². The zero-order valence-corrected chi connectivity index (χ0v) is 39.1. The third-order valence-electron chi connectivity index (χ3n) is 12.7. The number of Topliss-reactive ketones (excluding diaryl/α,β-unsaturated/α-hetero) is 1. The highest BCUT2D eigenvalue weighted by atomic mass is 35.5. The number of hydrogen-bond donors (Lipinski definition) is 4. The first-order valence-corrected chi connectivity index (χ1v) is 23.5. The lowest BCUT2D eigenvalue weighted by atomic mass is 9.92. The summed E-state index contributed by atoms with van der Waals surface area (Å²) in [6, 6.07) is 31.8. The van der Waals surface area contributed by atoms with E-state index in [1.54, 1.807) is 54.6 Å². The molecule has 1 aliphatic carbocycles. The van der Waals surface area contributed by atoms with Crippen LogP contribution in [0, 0.1) is 28.6 Å². The van der Waals surface area contributed by atoms with Gasteiger partial charge in [-0.25, -0.2) is 9.97 Å². The largest absolute Gasteiger partial charge is 0.390 e. The van der Waals surface area contributed by atoms with Gasteiger partial charge in [-0.3, -0.25) is 24.1 Å². The summed E-state index contributed by atoms with van der Waals surface area (Å²) < 4.78 is 0. The highest BCUT2D eigenvalue weighted by Gasteiger charge is 2.37. The molecular formula is C53H49Cl2N9O5. The van der Waals surface area contributed by atoms with Crippen LogP contribution in [0.2, 0.25) is 10.0 Å². The molecule has 0 bridgehead atoms. The number of aliphatic hydroxyl groups excluding tert-OH is 1. The molecule has 69 heavy (non-hydrogen) atoms. The Morgan fingerprint density at radius 1 is 0.826 bits per heavy atom. The molecule has 5 aromatic rings. The van der Waals surface area contributed by atoms with E-state index in [0.717, 1.165) is 25.1 Å². The van der Waals surface area contributed by atoms with Crippen LogP contribution in [0.4, 0.5) is 5.82 Å². The Labute approximate surface area is 410 Å². The lowest BCUT2D eigenvalue weighted by molar-refractivity contribution is -0.137. The van der Waals surface area contributed by atoms with Crippen molar-refractivity contribution in [1.29, 1.82) is 10.5 Å². The van der Waals surface area contributed by atoms with Gasteiger partial charge >= 0.3 is 0 Å². The van der Waals surface area contributed by atoms with Gasteiger partial charge in [0.15, 0.2) is 5.78 Å². The van der Waals surface area contributed by atoms with Crippen molar-refractivity contribution >= 4 is 64.7 Å². The van der Waals surface area contributed by atoms with E-state index in [9.17, 15) is 34.8 Å². The SMILES string of the molecule is N#Cc1cc(/C=C2\CN(C(=O)[C@H](Cc3ccccc3)NC(=O)C3CC[C@H](Nc4cc(C(=O)NC[C@H](O)CN5CCc6ccccc6C5)ncn4)C3)C/C(=C\c3ccc(Cl)c(C#N)c3)C2=O)ccc1Cl. The first-order chi connectivity index (χ1) is 33.4. The Morgan fingerprint density at radius 3 is 2.14 bits per heavy atom. The predicted octanol–water partition coefficient (Wildman–Crippen LogP) is 6.56. The van der Waals surface area contributed by atoms with Crippen molar-refractivity contribution in [1.82, 2.24) is 30.4 Å². The number of carbonyl (C=O) groups is 4. The average Bonchev–Trinajstić information content (AvgIpc) is 3.84. The minimum atomic E-state index is -0.998. The summed E-state index contributed by atoms with van der Waals surface area (Å²) in [5.74, 6) is -1.48. The molecule has 16 heteroatoms. The highest BCUT2D eigenvalue weighted by molar-refractivity contribution is 6.32. The summed E-state index contributed by atoms with van der Waals surface area (Å²) in [5, 5.41) is 39.8. The van der Waals surface area contributed by atoms with Gasteiger partial charge in [0.05, 0.1) is 27.3 Å². The fourth-order valence-corrected chi connectivity index (χ4v) is 9.41. The van der Waals surface area contributed by atoms with Crippen LogP contribution in [0.5, 0.6) is 0 Å². The highest BCUT2D eigenvalue weighted by Crippen LogP contribution is 2.30. The van der Waals surface area contributed by atoms with E-state index in [0.29, 0.717) is 42.8 Å². The second-order valence-electron chi connectivity index (χ2n) is 17.6. The van der Waals surface area contributed by atoms with E-state index in [2.05, 4.69) is 55.1 Å². The van der Waals surface area contributed by atoms with Crippen LogP contribution >= 0.6 is 23.2 Å². The van der Waals surface area contributed by atoms with Crippen molar-refractivity contribution in [2.45, 2.75) is 56.8 Å². The third kappa shape index (κ3) is 12.3. The van der Waals surface area contributed by atoms with E-state index in [1.165, 1.54) is 22.4 Å². The Balaban J connectivity index is 0.933. The number of fused-ring (bicyclic) bond motifs is 1. The van der Waals surface area contributed by atoms with Gasteiger partial charge in [0, 0.05) is 74.9 Å². The van der Waals surface area contributed by atoms with Gasteiger partial charge in [0.2, 0.25) is 11.8 Å². The number of anilines is 1. The summed E-state index contributed by atoms with van der Waals surface area (Å²) in [5.41, 5.74) is 5.62. The van der Waals surface area contributed by atoms with Gasteiger partial charge in [-0.2, -0.15) is 10.5 Å². The first kappa shape index (κ1) is 48.3. The van der Waals surface area contributed by atoms with Gasteiger partial charge in [-0.15, -0.1) is 0 Å². The lowest BCUT2D eigenvalue weighted by Gasteiger charge is -2.33. The number of ketones is 1. The number of piperidine rings is 1. The fourth-order valence-electron chi connectivity index (χ4n) is 9.09. The molecule has 0 spiro atoms. The van der Waals surface area contributed by atoms with Crippen molar-refractivity contribution in [3.63, 3.8) is 0 Å². The Kier molecular flexibility index (Phi) is 15.6. The lowest BCUT2D eigenvalue weighted by Crippen LogP contribution is -2.53. The van der Waals surface area contributed by atoms with Crippen LogP contribution in [0.15, 0.2) is 115 Å². The third-order valence-corrected chi connectivity index (χ3v) is 13.3. The molecule has 4 atom stereocenters. The Morgan fingerprint density at radius 2 is 1.48 bits per heavy atom. The molecule has 350 valence electrons. The molecule has 1 aromatic heterocycles. The second kappa shape index (κ2) is 22.3. The molecular weight excluding hydrogens is 914 g/mol. The number of rotatable bonds is 14. The number of aliphatic hydroxyl groups is 1. The van der Waals surface area contributed by atoms with Crippen molar-refractivity contribution in [2.75, 3.05) is 38.0 Å². The molecule has 4 N–H and O–H groups in total. The number of hydrogen-bond acceptors (Lipinski definition) is 11. The minimum absolute atomic E-state index is 0.0591. The van der Waals surface area contributed by atoms with Crippen LogP contribution in [0.25, 0.3) is 12.2 Å². The zero-order valence-electron chi connectivity index (χ0n) is 37.6. The monoisotopic (exact) mass is 961 g/mol. The molecule has 3 amide bonds. The number of likely N-dealkylation sites (tertiary alicyclic amines) is 1. The molecule has 2 fully saturated rings. The maximum absolute atomic E-state index is 14.8. The van der Waals surface area contributed by atoms with Crippen LogP contribution in [-0.4, -0.2) is 99.3 Å². The van der Waals surface area contributed by atoms with Crippen LogP contribution in [0.3, 0.4) is 0 Å². The van der Waals surface area contributed by atoms with Gasteiger partial charge < -0.3 is 26.0 Å². The standard InChI is InChI=1S/C53H49Cl2N9O5/c54-45-14-10-34(18-39(45)25-56)20-41-29-64(30-42(50(41)66)21-35-11-15-46(55)40(19-35)26-57)53(69)48(22-33-6-2-1-3-7-33)62-51(67)37-12-13-43(23-37)61-49-24-47(59-32-60-49)52(68)58-27-44(65)31-63-17-16-36-8-4-5-9-38(36)28-63/h1-11,14-15,18-21,24,32,37,43-44,48,65H,12-13,16-17,22-23,27-31H2,(H,58,68)(H,62,67)(H,59,60,61)/b41-20+,42-21+/t37?,43-,44-,48-/m0/s1. The number of aromatic nitrogens is 2. The van der Waals surface area contributed by atoms with Gasteiger partial charge in [0.25, 0.3) is 5.91 Å². The molecule has 4 aromatic carbocycles. The summed E-state index contributed by atoms with van der Waals surface area (Å²) in [4.78, 5) is 68.4. The Hall–Kier alpha value is -7.20. The predicted molar refractivity (Wildman–Crippen MR) is 262 cm³/mol. The summed E-state index contributed by atoms with van der Waals surface area (Å²) >= 11 is 12.4. The van der Waals surface area contributed by atoms with E-state index >= 15 is 0 Å². The quantitative estimate of drug-likeness (QED) is 0.0878. The number of nitrogens with zero attached hydrogens (tertiary/aromatic N) is 6. The van der Waals surface area contributed by atoms with Gasteiger partial charge in [-0.05, 0) is 89.9 Å². The number of carbonyl (C=O) groups excluding carboxylic acids is 4. The van der Waals surface area contributed by atoms with E-state index < -0.39 is 29.9 Å². The number of β-amino-alcohol motifs (C(OH)–C–C–N with tert-alkyl or cyclic N) is 1. The first-order valence-electron chi connectivity index (χ1n) is 22.7. The smallest absolute Gasteiger partial charge is 0.270 e. The maximum Gasteiger partial charge on any atom is 0.270 e. The van der Waals surface area contributed by atoms with Crippen LogP contribution in [0.1, 0.15) is 68.7 Å². The molecule has 8 rings (SSSR count). The van der Waals surface area contributed by atoms with E-state index in [-0.39, 0.29) is 81.8 Å². The molecule has 3 heterocycles. The topological polar surface area (TPSA) is 204 Å². The summed E-state index contributed by atoms with van der Waals surface area (Å²) in [6.45, 7) is 1.91. The number of halogens is 2. The molecule has 1 saturated carbocycles. The van der Waals surface area contributed by atoms with Crippen molar-refractivity contribution in [3.8, 4) is 12.1 Å². The molecule has 1 saturated heterocycles. The number of nitriles is 2. The van der Waals surface area contributed by atoms with Gasteiger partial charge in [0.1, 0.15) is 36.0 Å². The van der Waals surface area contributed by atoms with Crippen LogP contribution in [-0.2, 0) is 33.8 Å². The molecule has 1 unspecified atom stereocenters. The van der Waals surface area contributed by atoms with Crippen molar-refractivity contribution in [3.05, 3.63) is 169 Å².